The lowest BCUT2D eigenvalue weighted by molar-refractivity contribution is -0.133. The predicted molar refractivity (Wildman–Crippen MR) is 209 cm³/mol. The van der Waals surface area contributed by atoms with E-state index in [1.807, 2.05) is 69.3 Å². The van der Waals surface area contributed by atoms with Crippen LogP contribution < -0.4 is 10.1 Å². The summed E-state index contributed by atoms with van der Waals surface area (Å²) in [4.78, 5) is 24.9. The Balaban J connectivity index is 0.00000119. The SMILES string of the molecule is C/C=C(\C)CC(c1cc(Cl)ccc1OC(CC)(CC)C(C)=O)C(c1ccc(Cl)cc1NC=O)C(CC)c1cc(Cl)ccc1C.CC1CCC1. The van der Waals surface area contributed by atoms with Crippen LogP contribution in [0.15, 0.2) is 66.2 Å². The molecule has 1 saturated carbocycles. The number of amides is 1. The monoisotopic (exact) mass is 725 g/mol. The van der Waals surface area contributed by atoms with Gasteiger partial charge < -0.3 is 10.1 Å². The van der Waals surface area contributed by atoms with Gasteiger partial charge in [-0.3, -0.25) is 9.59 Å². The van der Waals surface area contributed by atoms with Gasteiger partial charge in [0.15, 0.2) is 11.4 Å². The van der Waals surface area contributed by atoms with Crippen LogP contribution in [0.25, 0.3) is 0 Å². The van der Waals surface area contributed by atoms with Gasteiger partial charge in [0.1, 0.15) is 5.75 Å². The van der Waals surface area contributed by atoms with Crippen molar-refractivity contribution in [3.8, 4) is 5.75 Å². The fraction of sp³-hybridized carbons (Fsp3) is 0.476. The number of carbonyl (C=O) groups is 2. The Kier molecular flexibility index (Phi) is 15.8. The van der Waals surface area contributed by atoms with Crippen molar-refractivity contribution in [2.24, 2.45) is 5.92 Å². The summed E-state index contributed by atoms with van der Waals surface area (Å²) in [6, 6.07) is 17.3. The maximum absolute atomic E-state index is 13.0. The highest BCUT2D eigenvalue weighted by molar-refractivity contribution is 6.31. The zero-order valence-corrected chi connectivity index (χ0v) is 32.7. The zero-order valence-electron chi connectivity index (χ0n) is 30.5. The normalized spacial score (nSPS) is 15.3. The average molecular weight is 727 g/mol. The molecule has 0 spiro atoms. The summed E-state index contributed by atoms with van der Waals surface area (Å²) >= 11 is 19.8. The first-order valence-electron chi connectivity index (χ1n) is 17.7. The van der Waals surface area contributed by atoms with Crippen molar-refractivity contribution < 1.29 is 14.3 Å². The molecule has 1 amide bonds. The van der Waals surface area contributed by atoms with Gasteiger partial charge in [0.25, 0.3) is 0 Å². The molecular weight excluding hydrogens is 673 g/mol. The number of Topliss-reactive ketones (excluding diaryl/α,β-unsaturated/α-hetero) is 1. The van der Waals surface area contributed by atoms with E-state index in [-0.39, 0.29) is 23.5 Å². The molecule has 3 aromatic rings. The van der Waals surface area contributed by atoms with Crippen LogP contribution in [0.5, 0.6) is 5.75 Å². The van der Waals surface area contributed by atoms with E-state index in [0.29, 0.717) is 52.2 Å². The van der Waals surface area contributed by atoms with Crippen LogP contribution in [0.2, 0.25) is 15.1 Å². The molecule has 3 atom stereocenters. The number of carbonyl (C=O) groups excluding carboxylic acids is 2. The van der Waals surface area contributed by atoms with Crippen molar-refractivity contribution in [3.63, 3.8) is 0 Å². The third-order valence-corrected chi connectivity index (χ3v) is 11.1. The first-order chi connectivity index (χ1) is 23.3. The molecule has 49 heavy (non-hydrogen) atoms. The number of benzene rings is 3. The van der Waals surface area contributed by atoms with E-state index in [4.69, 9.17) is 39.5 Å². The van der Waals surface area contributed by atoms with E-state index in [0.717, 1.165) is 34.6 Å². The predicted octanol–water partition coefficient (Wildman–Crippen LogP) is 13.3. The van der Waals surface area contributed by atoms with Crippen molar-refractivity contribution in [2.75, 3.05) is 5.32 Å². The molecule has 1 aliphatic carbocycles. The summed E-state index contributed by atoms with van der Waals surface area (Å²) in [5.41, 5.74) is 4.97. The quantitative estimate of drug-likeness (QED) is 0.125. The lowest BCUT2D eigenvalue weighted by Crippen LogP contribution is -2.42. The number of aryl methyl sites for hydroxylation is 1. The molecule has 3 aromatic carbocycles. The van der Waals surface area contributed by atoms with Crippen LogP contribution in [0.3, 0.4) is 0 Å². The highest BCUT2D eigenvalue weighted by atomic mass is 35.5. The highest BCUT2D eigenvalue weighted by Gasteiger charge is 2.39. The van der Waals surface area contributed by atoms with E-state index in [1.54, 1.807) is 13.0 Å². The third kappa shape index (κ3) is 10.4. The lowest BCUT2D eigenvalue weighted by Gasteiger charge is -2.38. The summed E-state index contributed by atoms with van der Waals surface area (Å²) in [7, 11) is 0. The Morgan fingerprint density at radius 1 is 0.898 bits per heavy atom. The lowest BCUT2D eigenvalue weighted by atomic mass is 9.67. The largest absolute Gasteiger partial charge is 0.479 e. The van der Waals surface area contributed by atoms with Crippen molar-refractivity contribution in [3.05, 3.63) is 104 Å². The number of nitrogens with one attached hydrogen (secondary N) is 1. The van der Waals surface area contributed by atoms with Gasteiger partial charge in [-0.15, -0.1) is 0 Å². The first kappa shape index (κ1) is 40.6. The smallest absolute Gasteiger partial charge is 0.211 e. The molecule has 3 unspecified atom stereocenters. The first-order valence-corrected chi connectivity index (χ1v) is 18.8. The van der Waals surface area contributed by atoms with Crippen molar-refractivity contribution in [2.45, 2.75) is 124 Å². The maximum atomic E-state index is 13.0. The molecule has 0 aromatic heterocycles. The van der Waals surface area contributed by atoms with Crippen LogP contribution in [-0.2, 0) is 9.59 Å². The average Bonchev–Trinajstić information content (AvgIpc) is 3.06. The molecule has 7 heteroatoms. The Morgan fingerprint density at radius 3 is 1.98 bits per heavy atom. The Labute approximate surface area is 310 Å². The number of anilines is 1. The number of hydrogen-bond donors (Lipinski definition) is 1. The van der Waals surface area contributed by atoms with Gasteiger partial charge in [0, 0.05) is 26.7 Å². The standard InChI is InChI=1S/C37H44Cl3NO3.C5H10/c1-8-23(5)18-33(32-20-27(39)15-17-35(32)44-37(10-3,11-4)25(7)43)36(30-16-14-28(40)21-34(30)41-22-42)29(9-2)31-19-26(38)13-12-24(31)6;1-5-3-2-4-5/h8,12-17,19-22,29,33,36H,9-11,18H2,1-7H3,(H,41,42);5H,2-4H2,1H3/b23-8+;. The number of ketones is 1. The van der Waals surface area contributed by atoms with Crippen molar-refractivity contribution in [1.82, 2.24) is 0 Å². The number of halogens is 3. The molecule has 1 aliphatic rings. The second-order valence-corrected chi connectivity index (χ2v) is 14.9. The van der Waals surface area contributed by atoms with Gasteiger partial charge in [-0.05, 0) is 136 Å². The second kappa shape index (κ2) is 19.0. The molecule has 4 nitrogen and oxygen atoms in total. The fourth-order valence-electron chi connectivity index (χ4n) is 6.98. The van der Waals surface area contributed by atoms with Crippen molar-refractivity contribution in [1.29, 1.82) is 0 Å². The number of rotatable bonds is 15. The Morgan fingerprint density at radius 2 is 1.47 bits per heavy atom. The molecule has 0 heterocycles. The summed E-state index contributed by atoms with van der Waals surface area (Å²) < 4.78 is 6.75. The zero-order chi connectivity index (χ0) is 36.3. The van der Waals surface area contributed by atoms with E-state index >= 15 is 0 Å². The molecule has 1 N–H and O–H groups in total. The topological polar surface area (TPSA) is 55.4 Å². The van der Waals surface area contributed by atoms with Crippen LogP contribution in [0, 0.1) is 12.8 Å². The van der Waals surface area contributed by atoms with Gasteiger partial charge in [0.2, 0.25) is 6.41 Å². The van der Waals surface area contributed by atoms with Crippen LogP contribution in [-0.4, -0.2) is 17.8 Å². The van der Waals surface area contributed by atoms with Crippen molar-refractivity contribution >= 4 is 52.7 Å². The minimum atomic E-state index is -0.962. The molecule has 0 bridgehead atoms. The number of hydrogen-bond acceptors (Lipinski definition) is 3. The molecule has 0 radical (unpaired) electrons. The maximum Gasteiger partial charge on any atom is 0.211 e. The van der Waals surface area contributed by atoms with E-state index in [1.165, 1.54) is 24.8 Å². The highest BCUT2D eigenvalue weighted by Crippen LogP contribution is 2.53. The van der Waals surface area contributed by atoms with Gasteiger partial charge in [-0.1, -0.05) is 106 Å². The summed E-state index contributed by atoms with van der Waals surface area (Å²) in [5.74, 6) is 1.31. The van der Waals surface area contributed by atoms with E-state index in [9.17, 15) is 9.59 Å². The van der Waals surface area contributed by atoms with Gasteiger partial charge in [-0.2, -0.15) is 0 Å². The second-order valence-electron chi connectivity index (χ2n) is 13.6. The summed E-state index contributed by atoms with van der Waals surface area (Å²) in [6.45, 7) is 16.3. The minimum Gasteiger partial charge on any atom is -0.479 e. The molecule has 0 saturated heterocycles. The fourth-order valence-corrected chi connectivity index (χ4v) is 7.52. The Hall–Kier alpha value is -2.79. The molecule has 1 fully saturated rings. The molecule has 4 rings (SSSR count). The van der Waals surface area contributed by atoms with Gasteiger partial charge in [0.05, 0.1) is 0 Å². The molecule has 266 valence electrons. The summed E-state index contributed by atoms with van der Waals surface area (Å²) in [5, 5.41) is 4.68. The van der Waals surface area contributed by atoms with Crippen LogP contribution in [0.1, 0.15) is 133 Å². The van der Waals surface area contributed by atoms with Gasteiger partial charge >= 0.3 is 0 Å². The molecule has 0 aliphatic heterocycles. The number of allylic oxidation sites excluding steroid dienone is 2. The minimum absolute atomic E-state index is 0.0153. The molecular formula is C42H54Cl3NO3. The summed E-state index contributed by atoms with van der Waals surface area (Å²) in [6.07, 6.45) is 9.80. The number of ether oxygens (including phenoxy) is 1. The van der Waals surface area contributed by atoms with Gasteiger partial charge in [-0.25, -0.2) is 0 Å². The van der Waals surface area contributed by atoms with Crippen LogP contribution >= 0.6 is 34.8 Å². The third-order valence-electron chi connectivity index (χ3n) is 10.4. The van der Waals surface area contributed by atoms with E-state index in [2.05, 4.69) is 39.1 Å². The Bertz CT molecular complexity index is 1590. The van der Waals surface area contributed by atoms with E-state index < -0.39 is 5.60 Å². The van der Waals surface area contributed by atoms with Crippen LogP contribution in [0.4, 0.5) is 5.69 Å².